The van der Waals surface area contributed by atoms with Crippen LogP contribution in [-0.2, 0) is 9.59 Å². The van der Waals surface area contributed by atoms with Crippen molar-refractivity contribution in [3.8, 4) is 28.2 Å². The summed E-state index contributed by atoms with van der Waals surface area (Å²) >= 11 is 24.3. The first kappa shape index (κ1) is 27.9. The van der Waals surface area contributed by atoms with Crippen LogP contribution in [0.4, 0.5) is 5.69 Å². The predicted octanol–water partition coefficient (Wildman–Crippen LogP) is 8.60. The van der Waals surface area contributed by atoms with Gasteiger partial charge in [-0.15, -0.1) is 0 Å². The van der Waals surface area contributed by atoms with Gasteiger partial charge in [0.25, 0.3) is 11.8 Å². The fraction of sp³-hybridized carbons (Fsp3) is 0. The molecule has 2 heterocycles. The quantitative estimate of drug-likeness (QED) is 0.120. The highest BCUT2D eigenvalue weighted by Gasteiger charge is 2.36. The first-order chi connectivity index (χ1) is 20.3. The Morgan fingerprint density at radius 1 is 0.738 bits per heavy atom. The highest BCUT2D eigenvalue weighted by Crippen LogP contribution is 2.39. The van der Waals surface area contributed by atoms with Crippen LogP contribution in [0.15, 0.2) is 115 Å². The molecule has 5 aromatic rings. The largest absolute Gasteiger partial charge is 0.309 e. The zero-order valence-electron chi connectivity index (χ0n) is 21.7. The molecular formula is C33H20Cl3N3O2S. The molecule has 1 N–H and O–H groups in total. The van der Waals surface area contributed by atoms with E-state index in [0.29, 0.717) is 10.6 Å². The van der Waals surface area contributed by atoms with Crippen LogP contribution in [0.1, 0.15) is 5.56 Å². The number of thiocarbonyl (C=S) groups is 1. The molecule has 42 heavy (non-hydrogen) atoms. The van der Waals surface area contributed by atoms with E-state index in [1.807, 2.05) is 91.0 Å². The summed E-state index contributed by atoms with van der Waals surface area (Å²) in [5, 5.41) is 3.56. The molecule has 9 heteroatoms. The predicted molar refractivity (Wildman–Crippen MR) is 174 cm³/mol. The third-order valence-corrected chi connectivity index (χ3v) is 8.15. The van der Waals surface area contributed by atoms with Crippen LogP contribution in [0.2, 0.25) is 15.1 Å². The zero-order valence-corrected chi connectivity index (χ0v) is 24.8. The van der Waals surface area contributed by atoms with E-state index in [2.05, 4.69) is 9.88 Å². The second-order valence-electron chi connectivity index (χ2n) is 9.41. The van der Waals surface area contributed by atoms with Gasteiger partial charge in [-0.25, -0.2) is 0 Å². The number of halogens is 3. The van der Waals surface area contributed by atoms with Gasteiger partial charge in [-0.3, -0.25) is 19.8 Å². The Bertz CT molecular complexity index is 1890. The Labute approximate surface area is 262 Å². The van der Waals surface area contributed by atoms with Crippen molar-refractivity contribution in [2.45, 2.75) is 0 Å². The van der Waals surface area contributed by atoms with Gasteiger partial charge < -0.3 is 4.57 Å². The van der Waals surface area contributed by atoms with Crippen LogP contribution in [-0.4, -0.2) is 21.5 Å². The van der Waals surface area contributed by atoms with Crippen molar-refractivity contribution >= 4 is 75.7 Å². The Balaban J connectivity index is 1.60. The fourth-order valence-corrected chi connectivity index (χ4v) is 5.69. The number of benzene rings is 4. The summed E-state index contributed by atoms with van der Waals surface area (Å²) in [6.07, 6.45) is 1.59. The van der Waals surface area contributed by atoms with Crippen LogP contribution >= 0.6 is 47.0 Å². The van der Waals surface area contributed by atoms with Crippen LogP contribution < -0.4 is 10.2 Å². The summed E-state index contributed by atoms with van der Waals surface area (Å²) in [6, 6.07) is 34.0. The second kappa shape index (κ2) is 11.6. The fourth-order valence-electron chi connectivity index (χ4n) is 4.91. The lowest BCUT2D eigenvalue weighted by atomic mass is 10.0. The highest BCUT2D eigenvalue weighted by atomic mass is 35.5. The molecule has 0 bridgehead atoms. The van der Waals surface area contributed by atoms with Crippen molar-refractivity contribution in [1.29, 1.82) is 0 Å². The molecule has 1 aliphatic heterocycles. The highest BCUT2D eigenvalue weighted by molar-refractivity contribution is 7.80. The number of carbonyl (C=O) groups excluding carboxylic acids is 2. The van der Waals surface area contributed by atoms with Gasteiger partial charge in [-0.05, 0) is 71.9 Å². The lowest BCUT2D eigenvalue weighted by molar-refractivity contribution is -0.122. The Morgan fingerprint density at radius 3 is 2.05 bits per heavy atom. The third kappa shape index (κ3) is 5.14. The lowest BCUT2D eigenvalue weighted by Gasteiger charge is -2.29. The number of nitrogens with zero attached hydrogens (tertiary/aromatic N) is 2. The molecule has 0 unspecified atom stereocenters. The van der Waals surface area contributed by atoms with Crippen molar-refractivity contribution in [1.82, 2.24) is 9.88 Å². The zero-order chi connectivity index (χ0) is 29.4. The van der Waals surface area contributed by atoms with Crippen molar-refractivity contribution in [2.24, 2.45) is 0 Å². The lowest BCUT2D eigenvalue weighted by Crippen LogP contribution is -2.54. The topological polar surface area (TPSA) is 54.3 Å². The molecule has 5 nitrogen and oxygen atoms in total. The Hall–Kier alpha value is -4.20. The van der Waals surface area contributed by atoms with Crippen LogP contribution in [0, 0.1) is 0 Å². The summed E-state index contributed by atoms with van der Waals surface area (Å²) in [5.41, 5.74) is 5.15. The maximum Gasteiger partial charge on any atom is 0.270 e. The number of hydrogen-bond acceptors (Lipinski definition) is 3. The van der Waals surface area contributed by atoms with Gasteiger partial charge >= 0.3 is 0 Å². The normalized spacial score (nSPS) is 14.4. The summed E-state index contributed by atoms with van der Waals surface area (Å²) in [4.78, 5) is 28.4. The van der Waals surface area contributed by atoms with E-state index in [0.717, 1.165) is 28.2 Å². The van der Waals surface area contributed by atoms with E-state index in [9.17, 15) is 9.59 Å². The molecule has 0 spiro atoms. The smallest absolute Gasteiger partial charge is 0.270 e. The molecule has 0 atom stereocenters. The molecule has 1 saturated heterocycles. The van der Waals surface area contributed by atoms with Gasteiger partial charge in [0.05, 0.1) is 27.1 Å². The maximum atomic E-state index is 13.9. The molecule has 0 radical (unpaired) electrons. The molecule has 6 rings (SSSR count). The number of amides is 2. The monoisotopic (exact) mass is 627 g/mol. The van der Waals surface area contributed by atoms with Crippen molar-refractivity contribution in [2.75, 3.05) is 4.90 Å². The number of nitrogens with one attached hydrogen (secondary N) is 1. The maximum absolute atomic E-state index is 13.9. The van der Waals surface area contributed by atoms with Gasteiger partial charge in [0, 0.05) is 16.3 Å². The molecule has 2 amide bonds. The molecular weight excluding hydrogens is 609 g/mol. The van der Waals surface area contributed by atoms with Crippen LogP contribution in [0.5, 0.6) is 0 Å². The van der Waals surface area contributed by atoms with Gasteiger partial charge in [-0.2, -0.15) is 0 Å². The summed E-state index contributed by atoms with van der Waals surface area (Å²) in [5.74, 6) is -1.23. The molecule has 0 aliphatic carbocycles. The van der Waals surface area contributed by atoms with Crippen molar-refractivity contribution < 1.29 is 9.59 Å². The van der Waals surface area contributed by atoms with Crippen LogP contribution in [0.25, 0.3) is 34.3 Å². The molecule has 1 fully saturated rings. The summed E-state index contributed by atoms with van der Waals surface area (Å²) < 4.78 is 2.09. The van der Waals surface area contributed by atoms with Gasteiger partial charge in [-0.1, -0.05) is 102 Å². The van der Waals surface area contributed by atoms with E-state index in [4.69, 9.17) is 47.0 Å². The molecule has 4 aromatic carbocycles. The van der Waals surface area contributed by atoms with Crippen LogP contribution in [0.3, 0.4) is 0 Å². The SMILES string of the molecule is O=C1NC(=S)N(c2cccc(Cl)c2Cl)C(=O)/C1=C\c1cc(-c2ccccc2)n(-c2ccc(Cl)cc2)c1-c1ccccc1. The Kier molecular flexibility index (Phi) is 7.71. The van der Waals surface area contributed by atoms with Gasteiger partial charge in [0.1, 0.15) is 5.57 Å². The minimum atomic E-state index is -0.618. The van der Waals surface area contributed by atoms with E-state index in [1.54, 1.807) is 24.3 Å². The van der Waals surface area contributed by atoms with E-state index < -0.39 is 11.8 Å². The molecule has 1 aliphatic rings. The Morgan fingerprint density at radius 2 is 1.38 bits per heavy atom. The molecule has 1 aromatic heterocycles. The number of hydrogen-bond donors (Lipinski definition) is 1. The van der Waals surface area contributed by atoms with Crippen molar-refractivity contribution in [3.63, 3.8) is 0 Å². The molecule has 0 saturated carbocycles. The first-order valence-electron chi connectivity index (χ1n) is 12.8. The second-order valence-corrected chi connectivity index (χ2v) is 11.0. The molecule has 206 valence electrons. The van der Waals surface area contributed by atoms with E-state index in [1.165, 1.54) is 4.90 Å². The number of aromatic nitrogens is 1. The van der Waals surface area contributed by atoms with Crippen molar-refractivity contribution in [3.05, 3.63) is 135 Å². The average molecular weight is 629 g/mol. The van der Waals surface area contributed by atoms with Gasteiger partial charge in [0.2, 0.25) is 0 Å². The standard InChI is InChI=1S/C33H20Cl3N3O2S/c34-23-14-16-24(17-15-23)38-28(20-8-3-1-4-9-20)19-22(30(38)21-10-5-2-6-11-21)18-25-31(40)37-33(42)39(32(25)41)27-13-7-12-26(35)29(27)36/h1-19H,(H,37,40,42)/b25-18-. The number of rotatable bonds is 5. The number of anilines is 1. The minimum Gasteiger partial charge on any atom is -0.309 e. The minimum absolute atomic E-state index is 0.0849. The average Bonchev–Trinajstić information content (AvgIpc) is 3.38. The third-order valence-electron chi connectivity index (χ3n) is 6.81. The summed E-state index contributed by atoms with van der Waals surface area (Å²) in [7, 11) is 0. The summed E-state index contributed by atoms with van der Waals surface area (Å²) in [6.45, 7) is 0. The first-order valence-corrected chi connectivity index (χ1v) is 14.4. The number of carbonyl (C=O) groups is 2. The van der Waals surface area contributed by atoms with E-state index in [-0.39, 0.29) is 26.4 Å². The van der Waals surface area contributed by atoms with E-state index >= 15 is 0 Å². The van der Waals surface area contributed by atoms with Gasteiger partial charge in [0.15, 0.2) is 5.11 Å².